The Balaban J connectivity index is 1.55. The molecule has 0 unspecified atom stereocenters. The lowest BCUT2D eigenvalue weighted by molar-refractivity contribution is 0.236. The van der Waals surface area contributed by atoms with E-state index >= 15 is 0 Å². The van der Waals surface area contributed by atoms with Gasteiger partial charge in [0.2, 0.25) is 0 Å². The van der Waals surface area contributed by atoms with Crippen molar-refractivity contribution in [3.63, 3.8) is 0 Å². The Hall–Kier alpha value is -2.49. The Morgan fingerprint density at radius 1 is 1.04 bits per heavy atom. The number of carbonyl (C=O) groups is 1. The van der Waals surface area contributed by atoms with Crippen molar-refractivity contribution in [2.45, 2.75) is 37.6 Å². The Bertz CT molecular complexity index is 694. The van der Waals surface area contributed by atoms with E-state index in [0.717, 1.165) is 24.2 Å². The summed E-state index contributed by atoms with van der Waals surface area (Å²) in [5.41, 5.74) is 2.43. The van der Waals surface area contributed by atoms with Crippen LogP contribution in [0, 0.1) is 0 Å². The summed E-state index contributed by atoms with van der Waals surface area (Å²) in [5, 5.41) is 6.02. The van der Waals surface area contributed by atoms with E-state index in [9.17, 15) is 4.79 Å². The highest BCUT2D eigenvalue weighted by molar-refractivity contribution is 5.74. The minimum Gasteiger partial charge on any atom is -0.497 e. The largest absolute Gasteiger partial charge is 0.497 e. The molecule has 2 aromatic rings. The van der Waals surface area contributed by atoms with Crippen molar-refractivity contribution >= 4 is 6.03 Å². The maximum Gasteiger partial charge on any atom is 0.315 e. The Morgan fingerprint density at radius 2 is 1.80 bits per heavy atom. The lowest BCUT2D eigenvalue weighted by Gasteiger charge is -2.30. The zero-order valence-electron chi connectivity index (χ0n) is 14.8. The van der Waals surface area contributed by atoms with Crippen LogP contribution in [-0.2, 0) is 12.0 Å². The van der Waals surface area contributed by atoms with Crippen molar-refractivity contribution in [1.29, 1.82) is 0 Å². The van der Waals surface area contributed by atoms with Gasteiger partial charge < -0.3 is 15.4 Å². The standard InChI is InChI=1S/C21H26N2O2/c1-25-19-11-7-8-17(14-19)15-22-20(24)23-16-21(12-5-6-13-21)18-9-3-2-4-10-18/h2-4,7-11,14H,5-6,12-13,15-16H2,1H3,(H2,22,23,24). The van der Waals surface area contributed by atoms with Crippen LogP contribution in [0.25, 0.3) is 0 Å². The van der Waals surface area contributed by atoms with Crippen molar-refractivity contribution in [1.82, 2.24) is 10.6 Å². The summed E-state index contributed by atoms with van der Waals surface area (Å²) in [6.45, 7) is 1.17. The summed E-state index contributed by atoms with van der Waals surface area (Å²) in [4.78, 5) is 12.2. The lowest BCUT2D eigenvalue weighted by atomic mass is 9.79. The highest BCUT2D eigenvalue weighted by atomic mass is 16.5. The summed E-state index contributed by atoms with van der Waals surface area (Å²) < 4.78 is 5.21. The zero-order chi connectivity index (χ0) is 17.5. The van der Waals surface area contributed by atoms with E-state index in [1.165, 1.54) is 18.4 Å². The molecule has 3 rings (SSSR count). The van der Waals surface area contributed by atoms with Crippen LogP contribution < -0.4 is 15.4 Å². The highest BCUT2D eigenvalue weighted by Gasteiger charge is 2.35. The van der Waals surface area contributed by atoms with Crippen molar-refractivity contribution in [3.8, 4) is 5.75 Å². The first-order valence-corrected chi connectivity index (χ1v) is 8.92. The van der Waals surface area contributed by atoms with Gasteiger partial charge in [0.1, 0.15) is 5.75 Å². The topological polar surface area (TPSA) is 50.4 Å². The van der Waals surface area contributed by atoms with Crippen LogP contribution in [0.15, 0.2) is 54.6 Å². The monoisotopic (exact) mass is 338 g/mol. The number of hydrogen-bond acceptors (Lipinski definition) is 2. The van der Waals surface area contributed by atoms with Gasteiger partial charge in [-0.25, -0.2) is 4.79 Å². The van der Waals surface area contributed by atoms with E-state index in [4.69, 9.17) is 4.74 Å². The van der Waals surface area contributed by atoms with E-state index < -0.39 is 0 Å². The number of methoxy groups -OCH3 is 1. The number of ether oxygens (including phenoxy) is 1. The van der Waals surface area contributed by atoms with Crippen LogP contribution in [0.4, 0.5) is 4.79 Å². The van der Waals surface area contributed by atoms with Gasteiger partial charge in [-0.2, -0.15) is 0 Å². The second-order valence-electron chi connectivity index (χ2n) is 6.74. The molecule has 0 heterocycles. The van der Waals surface area contributed by atoms with Crippen molar-refractivity contribution in [3.05, 3.63) is 65.7 Å². The van der Waals surface area contributed by atoms with Gasteiger partial charge in [0.25, 0.3) is 0 Å². The predicted octanol–water partition coefficient (Wildman–Crippen LogP) is 4.01. The normalized spacial score (nSPS) is 15.6. The molecular weight excluding hydrogens is 312 g/mol. The molecule has 4 nitrogen and oxygen atoms in total. The quantitative estimate of drug-likeness (QED) is 0.836. The fourth-order valence-electron chi connectivity index (χ4n) is 3.69. The van der Waals surface area contributed by atoms with Crippen molar-refractivity contribution in [2.75, 3.05) is 13.7 Å². The molecule has 0 saturated heterocycles. The van der Waals surface area contributed by atoms with Gasteiger partial charge in [0.15, 0.2) is 0 Å². The molecule has 2 N–H and O–H groups in total. The first kappa shape index (κ1) is 17.3. The maximum absolute atomic E-state index is 12.2. The van der Waals surface area contributed by atoms with Crippen LogP contribution in [-0.4, -0.2) is 19.7 Å². The molecule has 0 aromatic heterocycles. The first-order valence-electron chi connectivity index (χ1n) is 8.92. The highest BCUT2D eigenvalue weighted by Crippen LogP contribution is 2.40. The molecule has 1 aliphatic carbocycles. The van der Waals surface area contributed by atoms with Gasteiger partial charge in [-0.3, -0.25) is 0 Å². The molecule has 0 spiro atoms. The summed E-state index contributed by atoms with van der Waals surface area (Å²) in [7, 11) is 1.64. The average Bonchev–Trinajstić information content (AvgIpc) is 3.16. The fraction of sp³-hybridized carbons (Fsp3) is 0.381. The van der Waals surface area contributed by atoms with E-state index in [-0.39, 0.29) is 11.4 Å². The van der Waals surface area contributed by atoms with E-state index in [1.54, 1.807) is 7.11 Å². The second-order valence-corrected chi connectivity index (χ2v) is 6.74. The molecule has 0 atom stereocenters. The van der Waals surface area contributed by atoms with Crippen LogP contribution in [0.5, 0.6) is 5.75 Å². The summed E-state index contributed by atoms with van der Waals surface area (Å²) >= 11 is 0. The molecule has 2 aromatic carbocycles. The van der Waals surface area contributed by atoms with Gasteiger partial charge in [0, 0.05) is 18.5 Å². The number of nitrogens with one attached hydrogen (secondary N) is 2. The van der Waals surface area contributed by atoms with Crippen molar-refractivity contribution in [2.24, 2.45) is 0 Å². The molecule has 1 fully saturated rings. The lowest BCUT2D eigenvalue weighted by Crippen LogP contribution is -2.43. The molecule has 0 bridgehead atoms. The second kappa shape index (κ2) is 8.06. The molecule has 4 heteroatoms. The van der Waals surface area contributed by atoms with E-state index in [2.05, 4.69) is 34.9 Å². The van der Waals surface area contributed by atoms with Crippen LogP contribution >= 0.6 is 0 Å². The van der Waals surface area contributed by atoms with Gasteiger partial charge in [-0.15, -0.1) is 0 Å². The predicted molar refractivity (Wildman–Crippen MR) is 99.8 cm³/mol. The average molecular weight is 338 g/mol. The number of urea groups is 1. The van der Waals surface area contributed by atoms with E-state index in [0.29, 0.717) is 13.1 Å². The smallest absolute Gasteiger partial charge is 0.315 e. The molecule has 1 aliphatic rings. The van der Waals surface area contributed by atoms with Crippen LogP contribution in [0.1, 0.15) is 36.8 Å². The van der Waals surface area contributed by atoms with Gasteiger partial charge >= 0.3 is 6.03 Å². The third-order valence-electron chi connectivity index (χ3n) is 5.12. The van der Waals surface area contributed by atoms with Crippen LogP contribution in [0.3, 0.4) is 0 Å². The summed E-state index contributed by atoms with van der Waals surface area (Å²) in [5.74, 6) is 0.800. The number of carbonyl (C=O) groups excluding carboxylic acids is 1. The molecule has 132 valence electrons. The van der Waals surface area contributed by atoms with E-state index in [1.807, 2.05) is 30.3 Å². The Labute approximate surface area is 149 Å². The Kier molecular flexibility index (Phi) is 5.59. The zero-order valence-corrected chi connectivity index (χ0v) is 14.8. The van der Waals surface area contributed by atoms with Gasteiger partial charge in [0.05, 0.1) is 7.11 Å². The Morgan fingerprint density at radius 3 is 2.52 bits per heavy atom. The van der Waals surface area contributed by atoms with Crippen molar-refractivity contribution < 1.29 is 9.53 Å². The third kappa shape index (κ3) is 4.32. The summed E-state index contributed by atoms with van der Waals surface area (Å²) in [6.07, 6.45) is 4.71. The third-order valence-corrected chi connectivity index (χ3v) is 5.12. The SMILES string of the molecule is COc1cccc(CNC(=O)NCC2(c3ccccc3)CCCC2)c1. The maximum atomic E-state index is 12.2. The number of amides is 2. The molecule has 0 aliphatic heterocycles. The minimum atomic E-state index is -0.120. The number of benzene rings is 2. The molecule has 1 saturated carbocycles. The fourth-order valence-corrected chi connectivity index (χ4v) is 3.69. The molecule has 25 heavy (non-hydrogen) atoms. The molecule has 2 amide bonds. The van der Waals surface area contributed by atoms with Gasteiger partial charge in [-0.05, 0) is 36.1 Å². The number of hydrogen-bond donors (Lipinski definition) is 2. The number of rotatable bonds is 6. The van der Waals surface area contributed by atoms with Crippen LogP contribution in [0.2, 0.25) is 0 Å². The summed E-state index contributed by atoms with van der Waals surface area (Å²) in [6, 6.07) is 18.2. The van der Waals surface area contributed by atoms with Gasteiger partial charge in [-0.1, -0.05) is 55.3 Å². The molecule has 0 radical (unpaired) electrons. The molecular formula is C21H26N2O2. The minimum absolute atomic E-state index is 0.0779. The first-order chi connectivity index (χ1) is 12.2.